The molecular formula is C13H18FNS. The van der Waals surface area contributed by atoms with Crippen molar-refractivity contribution in [1.29, 1.82) is 0 Å². The normalized spacial score (nSPS) is 25.7. The minimum absolute atomic E-state index is 0.116. The van der Waals surface area contributed by atoms with Gasteiger partial charge in [-0.1, -0.05) is 0 Å². The molecule has 0 atom stereocenters. The van der Waals surface area contributed by atoms with Crippen LogP contribution in [0.5, 0.6) is 0 Å². The predicted molar refractivity (Wildman–Crippen MR) is 67.2 cm³/mol. The molecule has 0 aromatic heterocycles. The summed E-state index contributed by atoms with van der Waals surface area (Å²) in [5.41, 5.74) is 6.61. The van der Waals surface area contributed by atoms with E-state index in [0.717, 1.165) is 18.4 Å². The van der Waals surface area contributed by atoms with Gasteiger partial charge in [0.25, 0.3) is 0 Å². The Balaban J connectivity index is 1.96. The number of halogens is 1. The Kier molecular flexibility index (Phi) is 3.87. The molecule has 0 radical (unpaired) electrons. The standard InChI is InChI=1S/C13H18FNS/c1-9-8-12(6-7-13(9)14)16-11-4-2-10(15)3-5-11/h6-8,10-11H,2-5,15H2,1H3. The van der Waals surface area contributed by atoms with Crippen LogP contribution in [0, 0.1) is 12.7 Å². The number of thioether (sulfide) groups is 1. The number of hydrogen-bond donors (Lipinski definition) is 1. The molecule has 1 aliphatic carbocycles. The van der Waals surface area contributed by atoms with Gasteiger partial charge in [-0.3, -0.25) is 0 Å². The smallest absolute Gasteiger partial charge is 0.126 e. The minimum Gasteiger partial charge on any atom is -0.328 e. The van der Waals surface area contributed by atoms with E-state index in [1.807, 2.05) is 30.8 Å². The summed E-state index contributed by atoms with van der Waals surface area (Å²) in [5, 5.41) is 0.657. The molecule has 1 saturated carbocycles. The second kappa shape index (κ2) is 5.19. The fourth-order valence-corrected chi connectivity index (χ4v) is 3.37. The molecule has 0 bridgehead atoms. The largest absolute Gasteiger partial charge is 0.328 e. The zero-order valence-electron chi connectivity index (χ0n) is 9.58. The van der Waals surface area contributed by atoms with Crippen LogP contribution in [0.25, 0.3) is 0 Å². The summed E-state index contributed by atoms with van der Waals surface area (Å²) in [6, 6.07) is 5.77. The molecule has 1 aromatic rings. The van der Waals surface area contributed by atoms with Crippen molar-refractivity contribution in [3.8, 4) is 0 Å². The van der Waals surface area contributed by atoms with Crippen molar-refractivity contribution in [3.63, 3.8) is 0 Å². The summed E-state index contributed by atoms with van der Waals surface area (Å²) >= 11 is 1.87. The van der Waals surface area contributed by atoms with E-state index < -0.39 is 0 Å². The van der Waals surface area contributed by atoms with E-state index in [1.165, 1.54) is 17.7 Å². The van der Waals surface area contributed by atoms with Gasteiger partial charge in [-0.05, 0) is 56.4 Å². The summed E-state index contributed by atoms with van der Waals surface area (Å²) in [7, 11) is 0. The van der Waals surface area contributed by atoms with Gasteiger partial charge in [-0.2, -0.15) is 0 Å². The topological polar surface area (TPSA) is 26.0 Å². The summed E-state index contributed by atoms with van der Waals surface area (Å²) in [5.74, 6) is -0.116. The van der Waals surface area contributed by atoms with Gasteiger partial charge in [0.2, 0.25) is 0 Å². The lowest BCUT2D eigenvalue weighted by molar-refractivity contribution is 0.451. The van der Waals surface area contributed by atoms with Crippen molar-refractivity contribution in [2.45, 2.75) is 48.8 Å². The van der Waals surface area contributed by atoms with E-state index in [-0.39, 0.29) is 5.82 Å². The van der Waals surface area contributed by atoms with Gasteiger partial charge in [0.1, 0.15) is 5.82 Å². The molecule has 2 rings (SSSR count). The molecule has 16 heavy (non-hydrogen) atoms. The highest BCUT2D eigenvalue weighted by molar-refractivity contribution is 8.00. The lowest BCUT2D eigenvalue weighted by Crippen LogP contribution is -2.27. The van der Waals surface area contributed by atoms with Crippen LogP contribution >= 0.6 is 11.8 Å². The average Bonchev–Trinajstić information content (AvgIpc) is 2.27. The van der Waals surface area contributed by atoms with Crippen LogP contribution in [0.15, 0.2) is 23.1 Å². The molecule has 0 saturated heterocycles. The van der Waals surface area contributed by atoms with Crippen molar-refractivity contribution in [2.75, 3.05) is 0 Å². The van der Waals surface area contributed by atoms with Crippen molar-refractivity contribution >= 4 is 11.8 Å². The van der Waals surface area contributed by atoms with Crippen LogP contribution in [0.2, 0.25) is 0 Å². The van der Waals surface area contributed by atoms with Crippen molar-refractivity contribution in [2.24, 2.45) is 5.73 Å². The SMILES string of the molecule is Cc1cc(SC2CCC(N)CC2)ccc1F. The van der Waals surface area contributed by atoms with E-state index in [1.54, 1.807) is 6.07 Å². The predicted octanol–water partition coefficient (Wildman–Crippen LogP) is 3.50. The van der Waals surface area contributed by atoms with Gasteiger partial charge in [-0.15, -0.1) is 11.8 Å². The Hall–Kier alpha value is -0.540. The Morgan fingerprint density at radius 2 is 1.94 bits per heavy atom. The zero-order chi connectivity index (χ0) is 11.5. The first kappa shape index (κ1) is 11.9. The first-order chi connectivity index (χ1) is 7.65. The van der Waals surface area contributed by atoms with Crippen molar-refractivity contribution in [1.82, 2.24) is 0 Å². The van der Waals surface area contributed by atoms with E-state index >= 15 is 0 Å². The maximum Gasteiger partial charge on any atom is 0.126 e. The summed E-state index contributed by atoms with van der Waals surface area (Å²) in [4.78, 5) is 1.18. The van der Waals surface area contributed by atoms with Gasteiger partial charge in [0, 0.05) is 16.2 Å². The molecule has 1 nitrogen and oxygen atoms in total. The van der Waals surface area contributed by atoms with Crippen LogP contribution in [-0.4, -0.2) is 11.3 Å². The molecule has 3 heteroatoms. The van der Waals surface area contributed by atoms with E-state index in [2.05, 4.69) is 0 Å². The molecule has 2 N–H and O–H groups in total. The Morgan fingerprint density at radius 1 is 1.25 bits per heavy atom. The molecule has 0 unspecified atom stereocenters. The molecule has 88 valence electrons. The van der Waals surface area contributed by atoms with Gasteiger partial charge < -0.3 is 5.73 Å². The van der Waals surface area contributed by atoms with Gasteiger partial charge >= 0.3 is 0 Å². The molecule has 1 fully saturated rings. The third kappa shape index (κ3) is 2.98. The number of benzene rings is 1. The maximum absolute atomic E-state index is 13.1. The Bertz CT molecular complexity index is 359. The molecular weight excluding hydrogens is 221 g/mol. The number of rotatable bonds is 2. The highest BCUT2D eigenvalue weighted by atomic mass is 32.2. The highest BCUT2D eigenvalue weighted by Gasteiger charge is 2.19. The van der Waals surface area contributed by atoms with Crippen LogP contribution in [0.1, 0.15) is 31.2 Å². The monoisotopic (exact) mass is 239 g/mol. The van der Waals surface area contributed by atoms with E-state index in [4.69, 9.17) is 5.73 Å². The quantitative estimate of drug-likeness (QED) is 0.855. The first-order valence-electron chi connectivity index (χ1n) is 5.83. The third-order valence-corrected chi connectivity index (χ3v) is 4.48. The maximum atomic E-state index is 13.1. The zero-order valence-corrected chi connectivity index (χ0v) is 10.4. The molecule has 0 spiro atoms. The summed E-state index contributed by atoms with van der Waals surface area (Å²) < 4.78 is 13.1. The molecule has 0 aliphatic heterocycles. The molecule has 0 amide bonds. The lowest BCUT2D eigenvalue weighted by atomic mass is 9.96. The highest BCUT2D eigenvalue weighted by Crippen LogP contribution is 2.33. The Morgan fingerprint density at radius 3 is 2.56 bits per heavy atom. The fourth-order valence-electron chi connectivity index (χ4n) is 2.09. The second-order valence-corrected chi connectivity index (χ2v) is 5.94. The van der Waals surface area contributed by atoms with Gasteiger partial charge in [0.05, 0.1) is 0 Å². The third-order valence-electron chi connectivity index (χ3n) is 3.15. The number of nitrogens with two attached hydrogens (primary N) is 1. The molecule has 1 aromatic carbocycles. The molecule has 1 aliphatic rings. The van der Waals surface area contributed by atoms with E-state index in [0.29, 0.717) is 11.3 Å². The summed E-state index contributed by atoms with van der Waals surface area (Å²) in [6.07, 6.45) is 4.61. The van der Waals surface area contributed by atoms with Crippen LogP contribution < -0.4 is 5.73 Å². The Labute approximate surface area is 101 Å². The average molecular weight is 239 g/mol. The van der Waals surface area contributed by atoms with Crippen molar-refractivity contribution in [3.05, 3.63) is 29.6 Å². The second-order valence-electron chi connectivity index (χ2n) is 4.57. The van der Waals surface area contributed by atoms with Crippen LogP contribution in [0.4, 0.5) is 4.39 Å². The number of hydrogen-bond acceptors (Lipinski definition) is 2. The fraction of sp³-hybridized carbons (Fsp3) is 0.538. The van der Waals surface area contributed by atoms with E-state index in [9.17, 15) is 4.39 Å². The van der Waals surface area contributed by atoms with Crippen LogP contribution in [-0.2, 0) is 0 Å². The lowest BCUT2D eigenvalue weighted by Gasteiger charge is -2.25. The minimum atomic E-state index is -0.116. The van der Waals surface area contributed by atoms with Crippen molar-refractivity contribution < 1.29 is 4.39 Å². The van der Waals surface area contributed by atoms with Crippen LogP contribution in [0.3, 0.4) is 0 Å². The molecule has 0 heterocycles. The summed E-state index contributed by atoms with van der Waals surface area (Å²) in [6.45, 7) is 1.82. The first-order valence-corrected chi connectivity index (χ1v) is 6.71. The number of aryl methyl sites for hydroxylation is 1. The van der Waals surface area contributed by atoms with Gasteiger partial charge in [0.15, 0.2) is 0 Å². The van der Waals surface area contributed by atoms with Gasteiger partial charge in [-0.25, -0.2) is 4.39 Å².